The highest BCUT2D eigenvalue weighted by molar-refractivity contribution is 6.64. The first kappa shape index (κ1) is 12.7. The molecule has 0 unspecified atom stereocenters. The van der Waals surface area contributed by atoms with Gasteiger partial charge in [0, 0.05) is 5.41 Å². The molecule has 0 rings (SSSR count). The maximum Gasteiger partial charge on any atom is 0.227 e. The normalized spacial score (nSPS) is 12.7. The second-order valence-corrected chi connectivity index (χ2v) is 5.33. The van der Waals surface area contributed by atoms with Gasteiger partial charge in [0.25, 0.3) is 0 Å². The van der Waals surface area contributed by atoms with Crippen LogP contribution in [0.15, 0.2) is 12.7 Å². The van der Waals surface area contributed by atoms with Gasteiger partial charge in [0.05, 0.1) is 0 Å². The van der Waals surface area contributed by atoms with Crippen molar-refractivity contribution >= 4 is 16.8 Å². The fourth-order valence-corrected chi connectivity index (χ4v) is 1.80. The summed E-state index contributed by atoms with van der Waals surface area (Å²) in [5.74, 6) is 0. The molecule has 0 atom stereocenters. The standard InChI is InChI=1S/C11H19ClO/c1-6-7-10(2,3)8-11(4,5)9(12)13/h6H,1,7-8H2,2-5H3. The molecule has 0 saturated heterocycles. The van der Waals surface area contributed by atoms with Gasteiger partial charge in [-0.25, -0.2) is 0 Å². The first-order chi connectivity index (χ1) is 5.71. The molecule has 0 aliphatic carbocycles. The fraction of sp³-hybridized carbons (Fsp3) is 0.727. The van der Waals surface area contributed by atoms with E-state index in [0.717, 1.165) is 12.8 Å². The summed E-state index contributed by atoms with van der Waals surface area (Å²) < 4.78 is 0. The van der Waals surface area contributed by atoms with Crippen molar-refractivity contribution < 1.29 is 4.79 Å². The predicted octanol–water partition coefficient (Wildman–Crippen LogP) is 3.77. The van der Waals surface area contributed by atoms with E-state index in [2.05, 4.69) is 20.4 Å². The van der Waals surface area contributed by atoms with Gasteiger partial charge >= 0.3 is 0 Å². The van der Waals surface area contributed by atoms with Gasteiger partial charge in [-0.05, 0) is 29.9 Å². The maximum absolute atomic E-state index is 11.1. The van der Waals surface area contributed by atoms with E-state index in [4.69, 9.17) is 11.6 Å². The average molecular weight is 203 g/mol. The smallest absolute Gasteiger partial charge is 0.227 e. The lowest BCUT2D eigenvalue weighted by Crippen LogP contribution is -2.27. The largest absolute Gasteiger partial charge is 0.281 e. The minimum atomic E-state index is -0.436. The van der Waals surface area contributed by atoms with Crippen molar-refractivity contribution in [3.05, 3.63) is 12.7 Å². The first-order valence-corrected chi connectivity index (χ1v) is 4.90. The molecule has 0 spiro atoms. The Hall–Kier alpha value is -0.300. The van der Waals surface area contributed by atoms with Crippen LogP contribution in [0, 0.1) is 10.8 Å². The summed E-state index contributed by atoms with van der Waals surface area (Å²) >= 11 is 5.51. The first-order valence-electron chi connectivity index (χ1n) is 4.52. The Bertz CT molecular complexity index is 204. The van der Waals surface area contributed by atoms with E-state index in [9.17, 15) is 4.79 Å². The molecule has 0 amide bonds. The summed E-state index contributed by atoms with van der Waals surface area (Å²) in [4.78, 5) is 11.1. The van der Waals surface area contributed by atoms with Crippen LogP contribution in [0.3, 0.4) is 0 Å². The third-order valence-electron chi connectivity index (χ3n) is 2.15. The molecule has 76 valence electrons. The summed E-state index contributed by atoms with van der Waals surface area (Å²) in [6.07, 6.45) is 3.57. The monoisotopic (exact) mass is 202 g/mol. The van der Waals surface area contributed by atoms with Gasteiger partial charge in [0.15, 0.2) is 0 Å². The van der Waals surface area contributed by atoms with Crippen LogP contribution in [-0.4, -0.2) is 5.24 Å². The van der Waals surface area contributed by atoms with Crippen molar-refractivity contribution in [3.8, 4) is 0 Å². The Balaban J connectivity index is 4.41. The Morgan fingerprint density at radius 3 is 2.15 bits per heavy atom. The lowest BCUT2D eigenvalue weighted by atomic mass is 9.74. The number of carbonyl (C=O) groups is 1. The molecule has 0 aromatic rings. The van der Waals surface area contributed by atoms with Crippen LogP contribution in [-0.2, 0) is 4.79 Å². The molecule has 13 heavy (non-hydrogen) atoms. The zero-order valence-electron chi connectivity index (χ0n) is 8.98. The zero-order chi connectivity index (χ0) is 10.7. The van der Waals surface area contributed by atoms with E-state index in [-0.39, 0.29) is 10.7 Å². The number of hydrogen-bond donors (Lipinski definition) is 0. The Kier molecular flexibility index (Phi) is 4.18. The van der Waals surface area contributed by atoms with Crippen LogP contribution in [0.5, 0.6) is 0 Å². The summed E-state index contributed by atoms with van der Waals surface area (Å²) in [6.45, 7) is 11.7. The fourth-order valence-electron chi connectivity index (χ4n) is 1.73. The summed E-state index contributed by atoms with van der Waals surface area (Å²) in [5.41, 5.74) is -0.343. The van der Waals surface area contributed by atoms with Gasteiger partial charge < -0.3 is 0 Å². The van der Waals surface area contributed by atoms with Gasteiger partial charge in [-0.1, -0.05) is 33.8 Å². The minimum absolute atomic E-state index is 0.0931. The average Bonchev–Trinajstić information content (AvgIpc) is 1.83. The number of allylic oxidation sites excluding steroid dienone is 1. The van der Waals surface area contributed by atoms with E-state index in [1.54, 1.807) is 0 Å². The van der Waals surface area contributed by atoms with E-state index < -0.39 is 5.41 Å². The molecule has 1 nitrogen and oxygen atoms in total. The Morgan fingerprint density at radius 2 is 1.85 bits per heavy atom. The van der Waals surface area contributed by atoms with Gasteiger partial charge in [-0.15, -0.1) is 6.58 Å². The molecule has 2 heteroatoms. The molecule has 0 aliphatic heterocycles. The highest BCUT2D eigenvalue weighted by Gasteiger charge is 2.32. The van der Waals surface area contributed by atoms with Gasteiger partial charge in [-0.2, -0.15) is 0 Å². The number of carbonyl (C=O) groups excluding carboxylic acids is 1. The topological polar surface area (TPSA) is 17.1 Å². The summed E-state index contributed by atoms with van der Waals surface area (Å²) in [5, 5.41) is -0.260. The quantitative estimate of drug-likeness (QED) is 0.490. The zero-order valence-corrected chi connectivity index (χ0v) is 9.74. The molecule has 0 bridgehead atoms. The van der Waals surface area contributed by atoms with Crippen LogP contribution >= 0.6 is 11.6 Å². The molecular formula is C11H19ClO. The SMILES string of the molecule is C=CCC(C)(C)CC(C)(C)C(=O)Cl. The number of hydrogen-bond acceptors (Lipinski definition) is 1. The van der Waals surface area contributed by atoms with Gasteiger partial charge in [0.1, 0.15) is 0 Å². The molecule has 0 aliphatic rings. The molecule has 0 N–H and O–H groups in total. The highest BCUT2D eigenvalue weighted by atomic mass is 35.5. The third-order valence-corrected chi connectivity index (χ3v) is 2.66. The molecule has 0 heterocycles. The minimum Gasteiger partial charge on any atom is -0.281 e. The van der Waals surface area contributed by atoms with Crippen LogP contribution in [0.25, 0.3) is 0 Å². The summed E-state index contributed by atoms with van der Waals surface area (Å²) in [6, 6.07) is 0. The molecule has 0 saturated carbocycles. The summed E-state index contributed by atoms with van der Waals surface area (Å²) in [7, 11) is 0. The van der Waals surface area contributed by atoms with Gasteiger partial charge in [0.2, 0.25) is 5.24 Å². The van der Waals surface area contributed by atoms with Crippen LogP contribution in [0.1, 0.15) is 40.5 Å². The molecule has 0 fully saturated rings. The second kappa shape index (κ2) is 4.28. The maximum atomic E-state index is 11.1. The molecule has 0 radical (unpaired) electrons. The van der Waals surface area contributed by atoms with Crippen LogP contribution < -0.4 is 0 Å². The lowest BCUT2D eigenvalue weighted by Gasteiger charge is -2.31. The van der Waals surface area contributed by atoms with E-state index in [0.29, 0.717) is 0 Å². The lowest BCUT2D eigenvalue weighted by molar-refractivity contribution is -0.120. The molecule has 0 aromatic carbocycles. The Labute approximate surface area is 86.2 Å². The third kappa shape index (κ3) is 4.47. The number of rotatable bonds is 5. The molecular weight excluding hydrogens is 184 g/mol. The van der Waals surface area contributed by atoms with E-state index in [1.807, 2.05) is 19.9 Å². The van der Waals surface area contributed by atoms with E-state index >= 15 is 0 Å². The highest BCUT2D eigenvalue weighted by Crippen LogP contribution is 2.37. The van der Waals surface area contributed by atoms with Gasteiger partial charge in [-0.3, -0.25) is 4.79 Å². The van der Waals surface area contributed by atoms with Crippen molar-refractivity contribution in [2.24, 2.45) is 10.8 Å². The van der Waals surface area contributed by atoms with Crippen LogP contribution in [0.4, 0.5) is 0 Å². The van der Waals surface area contributed by atoms with E-state index in [1.165, 1.54) is 0 Å². The number of halogens is 1. The Morgan fingerprint density at radius 1 is 1.38 bits per heavy atom. The van der Waals surface area contributed by atoms with Crippen molar-refractivity contribution in [3.63, 3.8) is 0 Å². The second-order valence-electron chi connectivity index (χ2n) is 4.99. The van der Waals surface area contributed by atoms with Crippen molar-refractivity contribution in [2.45, 2.75) is 40.5 Å². The molecule has 0 aromatic heterocycles. The van der Waals surface area contributed by atoms with Crippen molar-refractivity contribution in [1.29, 1.82) is 0 Å². The van der Waals surface area contributed by atoms with Crippen molar-refractivity contribution in [2.75, 3.05) is 0 Å². The predicted molar refractivity (Wildman–Crippen MR) is 57.9 cm³/mol. The van der Waals surface area contributed by atoms with Crippen LogP contribution in [0.2, 0.25) is 0 Å². The van der Waals surface area contributed by atoms with Crippen molar-refractivity contribution in [1.82, 2.24) is 0 Å².